The number of hydrogen-bond donors (Lipinski definition) is 1. The van der Waals surface area contributed by atoms with Crippen LogP contribution in [0.25, 0.3) is 0 Å². The summed E-state index contributed by atoms with van der Waals surface area (Å²) in [6.07, 6.45) is 5.57. The highest BCUT2D eigenvalue weighted by Crippen LogP contribution is 2.39. The van der Waals surface area contributed by atoms with Crippen LogP contribution in [0.15, 0.2) is 0 Å². The van der Waals surface area contributed by atoms with Crippen LogP contribution in [0.2, 0.25) is 0 Å². The second-order valence-corrected chi connectivity index (χ2v) is 8.03. The molecule has 1 aliphatic heterocycles. The van der Waals surface area contributed by atoms with Crippen molar-refractivity contribution < 1.29 is 23.1 Å². The largest absolute Gasteiger partial charge is 0.480 e. The third-order valence-corrected chi connectivity index (χ3v) is 6.64. The molecular weight excluding hydrogens is 294 g/mol. The molecule has 1 saturated heterocycles. The molecule has 0 spiro atoms. The van der Waals surface area contributed by atoms with Crippen LogP contribution < -0.4 is 0 Å². The van der Waals surface area contributed by atoms with E-state index >= 15 is 0 Å². The average Bonchev–Trinajstić information content (AvgIpc) is 2.46. The Morgan fingerprint density at radius 1 is 1.24 bits per heavy atom. The van der Waals surface area contributed by atoms with Crippen molar-refractivity contribution in [3.05, 3.63) is 0 Å². The van der Waals surface area contributed by atoms with Gasteiger partial charge in [-0.1, -0.05) is 12.8 Å². The van der Waals surface area contributed by atoms with Gasteiger partial charge in [0.2, 0.25) is 10.0 Å². The molecule has 1 heterocycles. The minimum Gasteiger partial charge on any atom is -0.480 e. The number of carbonyl (C=O) groups is 1. The molecule has 6 nitrogen and oxygen atoms in total. The Kier molecular flexibility index (Phi) is 5.62. The van der Waals surface area contributed by atoms with Crippen LogP contribution in [-0.2, 0) is 19.6 Å². The highest BCUT2D eigenvalue weighted by molar-refractivity contribution is 7.89. The molecule has 3 atom stereocenters. The highest BCUT2D eigenvalue weighted by atomic mass is 32.2. The number of aliphatic carboxylic acids is 1. The van der Waals surface area contributed by atoms with Gasteiger partial charge in [-0.25, -0.2) is 8.42 Å². The molecule has 0 aromatic carbocycles. The lowest BCUT2D eigenvalue weighted by Crippen LogP contribution is -2.57. The number of rotatable bonds is 6. The van der Waals surface area contributed by atoms with Crippen LogP contribution >= 0.6 is 0 Å². The Bertz CT molecular complexity index is 464. The normalized spacial score (nSPS) is 30.8. The molecule has 0 radical (unpaired) electrons. The molecule has 3 unspecified atom stereocenters. The lowest BCUT2D eigenvalue weighted by Gasteiger charge is -2.46. The molecule has 0 amide bonds. The van der Waals surface area contributed by atoms with Gasteiger partial charge in [-0.15, -0.1) is 0 Å². The summed E-state index contributed by atoms with van der Waals surface area (Å²) in [6, 6.07) is -1.02. The Balaban J connectivity index is 2.21. The van der Waals surface area contributed by atoms with Gasteiger partial charge in [-0.05, 0) is 38.0 Å². The zero-order valence-electron chi connectivity index (χ0n) is 12.5. The topological polar surface area (TPSA) is 83.9 Å². The average molecular weight is 319 g/mol. The summed E-state index contributed by atoms with van der Waals surface area (Å²) in [5.74, 6) is -0.728. The van der Waals surface area contributed by atoms with Crippen LogP contribution in [-0.4, -0.2) is 55.4 Å². The van der Waals surface area contributed by atoms with Crippen molar-refractivity contribution in [3.63, 3.8) is 0 Å². The van der Waals surface area contributed by atoms with Crippen molar-refractivity contribution in [1.82, 2.24) is 4.31 Å². The van der Waals surface area contributed by atoms with Gasteiger partial charge >= 0.3 is 5.97 Å². The maximum Gasteiger partial charge on any atom is 0.322 e. The van der Waals surface area contributed by atoms with E-state index in [1.807, 2.05) is 0 Å². The molecule has 21 heavy (non-hydrogen) atoms. The molecule has 1 aliphatic carbocycles. The second kappa shape index (κ2) is 7.07. The van der Waals surface area contributed by atoms with E-state index in [0.29, 0.717) is 25.4 Å². The van der Waals surface area contributed by atoms with Crippen molar-refractivity contribution in [2.24, 2.45) is 5.92 Å². The number of sulfonamides is 1. The number of methoxy groups -OCH3 is 1. The van der Waals surface area contributed by atoms with Gasteiger partial charge in [0.15, 0.2) is 0 Å². The van der Waals surface area contributed by atoms with Crippen molar-refractivity contribution in [1.29, 1.82) is 0 Å². The van der Waals surface area contributed by atoms with E-state index < -0.39 is 22.0 Å². The lowest BCUT2D eigenvalue weighted by atomic mass is 9.78. The van der Waals surface area contributed by atoms with E-state index in [1.54, 1.807) is 0 Å². The summed E-state index contributed by atoms with van der Waals surface area (Å²) in [7, 11) is -2.02. The van der Waals surface area contributed by atoms with Gasteiger partial charge in [0.25, 0.3) is 0 Å². The molecule has 1 saturated carbocycles. The molecule has 0 aromatic rings. The summed E-state index contributed by atoms with van der Waals surface area (Å²) in [5, 5.41) is 9.40. The standard InChI is InChI=1S/C14H25NO5S/c1-20-9-4-10-21(18,19)15-12-6-3-2-5-11(12)7-8-13(15)14(16)17/h11-13H,2-10H2,1H3,(H,16,17). The van der Waals surface area contributed by atoms with Gasteiger partial charge in [0.05, 0.1) is 5.75 Å². The van der Waals surface area contributed by atoms with E-state index in [9.17, 15) is 18.3 Å². The van der Waals surface area contributed by atoms with Gasteiger partial charge in [0, 0.05) is 19.8 Å². The van der Waals surface area contributed by atoms with Gasteiger partial charge in [0.1, 0.15) is 6.04 Å². The number of piperidine rings is 1. The third-order valence-electron chi connectivity index (χ3n) is 4.67. The first-order chi connectivity index (χ1) is 9.97. The summed E-state index contributed by atoms with van der Waals surface area (Å²) in [4.78, 5) is 11.5. The number of nitrogens with zero attached hydrogens (tertiary/aromatic N) is 1. The second-order valence-electron chi connectivity index (χ2n) is 6.04. The number of carboxylic acids is 1. The molecule has 122 valence electrons. The Labute approximate surface area is 126 Å². The molecule has 2 aliphatic rings. The lowest BCUT2D eigenvalue weighted by molar-refractivity contribution is -0.144. The smallest absolute Gasteiger partial charge is 0.322 e. The molecule has 2 rings (SSSR count). The number of ether oxygens (including phenoxy) is 1. The SMILES string of the molecule is COCCCS(=O)(=O)N1C(C(=O)O)CCC2CCCCC21. The van der Waals surface area contributed by atoms with Crippen molar-refractivity contribution >= 4 is 16.0 Å². The van der Waals surface area contributed by atoms with Crippen LogP contribution in [0.1, 0.15) is 44.9 Å². The first-order valence-electron chi connectivity index (χ1n) is 7.70. The first kappa shape index (κ1) is 16.7. The van der Waals surface area contributed by atoms with Crippen molar-refractivity contribution in [2.75, 3.05) is 19.5 Å². The van der Waals surface area contributed by atoms with E-state index in [4.69, 9.17) is 4.74 Å². The number of carboxylic acid groups (broad SMARTS) is 1. The molecular formula is C14H25NO5S. The first-order valence-corrected chi connectivity index (χ1v) is 9.31. The summed E-state index contributed by atoms with van der Waals surface area (Å²) >= 11 is 0. The predicted octanol–water partition coefficient (Wildman–Crippen LogP) is 1.46. The molecule has 0 bridgehead atoms. The zero-order valence-corrected chi connectivity index (χ0v) is 13.3. The Morgan fingerprint density at radius 2 is 1.95 bits per heavy atom. The maximum absolute atomic E-state index is 12.6. The summed E-state index contributed by atoms with van der Waals surface area (Å²) < 4.78 is 31.5. The van der Waals surface area contributed by atoms with Crippen molar-refractivity contribution in [2.45, 2.75) is 57.0 Å². The predicted molar refractivity (Wildman–Crippen MR) is 78.5 cm³/mol. The highest BCUT2D eigenvalue weighted by Gasteiger charge is 2.46. The molecule has 7 heteroatoms. The minimum atomic E-state index is -3.55. The zero-order chi connectivity index (χ0) is 15.5. The Morgan fingerprint density at radius 3 is 2.62 bits per heavy atom. The van der Waals surface area contributed by atoms with Crippen molar-refractivity contribution in [3.8, 4) is 0 Å². The maximum atomic E-state index is 12.6. The van der Waals surface area contributed by atoms with Gasteiger partial charge in [-0.3, -0.25) is 4.79 Å². The fourth-order valence-corrected chi connectivity index (χ4v) is 5.68. The number of hydrogen-bond acceptors (Lipinski definition) is 4. The van der Waals surface area contributed by atoms with Gasteiger partial charge < -0.3 is 9.84 Å². The van der Waals surface area contributed by atoms with Gasteiger partial charge in [-0.2, -0.15) is 4.31 Å². The third kappa shape index (κ3) is 3.76. The van der Waals surface area contributed by atoms with E-state index in [2.05, 4.69) is 0 Å². The van der Waals surface area contributed by atoms with E-state index in [-0.39, 0.29) is 11.8 Å². The van der Waals surface area contributed by atoms with Crippen LogP contribution in [0.5, 0.6) is 0 Å². The van der Waals surface area contributed by atoms with Crippen LogP contribution in [0, 0.1) is 5.92 Å². The fraction of sp³-hybridized carbons (Fsp3) is 0.929. The molecule has 1 N–H and O–H groups in total. The number of fused-ring (bicyclic) bond motifs is 1. The monoisotopic (exact) mass is 319 g/mol. The van der Waals surface area contributed by atoms with Crippen LogP contribution in [0.3, 0.4) is 0 Å². The summed E-state index contributed by atoms with van der Waals surface area (Å²) in [5.41, 5.74) is 0. The molecule has 2 fully saturated rings. The quantitative estimate of drug-likeness (QED) is 0.749. The Hall–Kier alpha value is -0.660. The summed E-state index contributed by atoms with van der Waals surface area (Å²) in [6.45, 7) is 0.374. The van der Waals surface area contributed by atoms with Crippen LogP contribution in [0.4, 0.5) is 0 Å². The van der Waals surface area contributed by atoms with E-state index in [1.165, 1.54) is 11.4 Å². The van der Waals surface area contributed by atoms with E-state index in [0.717, 1.165) is 32.1 Å². The molecule has 0 aromatic heterocycles. The fourth-order valence-electron chi connectivity index (χ4n) is 3.71. The minimum absolute atomic E-state index is 0.0339.